The maximum Gasteiger partial charge on any atom is 0.316 e. The zero-order valence-corrected chi connectivity index (χ0v) is 17.0. The first-order valence-corrected chi connectivity index (χ1v) is 10.7. The summed E-state index contributed by atoms with van der Waals surface area (Å²) in [4.78, 5) is 37.3. The van der Waals surface area contributed by atoms with Crippen LogP contribution in [0.15, 0.2) is 28.6 Å². The first-order chi connectivity index (χ1) is 13.5. The van der Waals surface area contributed by atoms with Crippen molar-refractivity contribution in [2.24, 2.45) is 0 Å². The van der Waals surface area contributed by atoms with Crippen LogP contribution < -0.4 is 5.32 Å². The molecule has 0 aliphatic carbocycles. The van der Waals surface area contributed by atoms with Crippen molar-refractivity contribution in [2.75, 3.05) is 24.2 Å². The predicted molar refractivity (Wildman–Crippen MR) is 106 cm³/mol. The molecule has 2 heterocycles. The number of amides is 2. The second kappa shape index (κ2) is 9.65. The Morgan fingerprint density at radius 2 is 2.07 bits per heavy atom. The van der Waals surface area contributed by atoms with Gasteiger partial charge >= 0.3 is 5.97 Å². The fourth-order valence-corrected chi connectivity index (χ4v) is 4.21. The van der Waals surface area contributed by atoms with Gasteiger partial charge in [0.1, 0.15) is 0 Å². The quantitative estimate of drug-likeness (QED) is 0.398. The van der Waals surface area contributed by atoms with E-state index in [1.165, 1.54) is 23.1 Å². The van der Waals surface area contributed by atoms with E-state index in [1.54, 1.807) is 19.1 Å². The van der Waals surface area contributed by atoms with Crippen LogP contribution in [0.1, 0.15) is 35.7 Å². The molecule has 1 aromatic heterocycles. The molecule has 0 unspecified atom stereocenters. The lowest BCUT2D eigenvalue weighted by Gasteiger charge is -2.15. The maximum atomic E-state index is 12.4. The number of ether oxygens (including phenoxy) is 1. The molecule has 1 saturated heterocycles. The van der Waals surface area contributed by atoms with Gasteiger partial charge in [0.25, 0.3) is 5.91 Å². The highest BCUT2D eigenvalue weighted by Gasteiger charge is 2.20. The number of benzene rings is 1. The van der Waals surface area contributed by atoms with Crippen LogP contribution in [0.3, 0.4) is 0 Å². The van der Waals surface area contributed by atoms with E-state index in [4.69, 9.17) is 4.74 Å². The van der Waals surface area contributed by atoms with Gasteiger partial charge in [0.2, 0.25) is 11.0 Å². The van der Waals surface area contributed by atoms with Gasteiger partial charge in [-0.15, -0.1) is 10.2 Å². The first-order valence-electron chi connectivity index (χ1n) is 8.85. The van der Waals surface area contributed by atoms with Gasteiger partial charge < -0.3 is 9.64 Å². The number of aromatic nitrogens is 2. The summed E-state index contributed by atoms with van der Waals surface area (Å²) in [6, 6.07) is 7.15. The zero-order valence-electron chi connectivity index (χ0n) is 15.3. The number of rotatable bonds is 8. The lowest BCUT2D eigenvalue weighted by Crippen LogP contribution is -2.23. The Hall–Kier alpha value is -2.46. The van der Waals surface area contributed by atoms with Crippen LogP contribution in [0.25, 0.3) is 0 Å². The second-order valence-electron chi connectivity index (χ2n) is 6.04. The molecule has 8 nitrogen and oxygen atoms in total. The molecule has 1 aliphatic rings. The number of carbonyl (C=O) groups excluding carboxylic acids is 3. The van der Waals surface area contributed by atoms with E-state index in [-0.39, 0.29) is 23.5 Å². The molecule has 0 saturated carbocycles. The number of nitrogens with one attached hydrogen (secondary N) is 1. The summed E-state index contributed by atoms with van der Waals surface area (Å²) >= 11 is 2.41. The van der Waals surface area contributed by atoms with Crippen molar-refractivity contribution in [3.63, 3.8) is 0 Å². The van der Waals surface area contributed by atoms with Crippen molar-refractivity contribution in [2.45, 2.75) is 30.6 Å². The molecule has 1 fully saturated rings. The van der Waals surface area contributed by atoms with Crippen LogP contribution in [0.5, 0.6) is 0 Å². The van der Waals surface area contributed by atoms with Crippen LogP contribution in [0, 0.1) is 0 Å². The van der Waals surface area contributed by atoms with Gasteiger partial charge in [-0.1, -0.05) is 35.2 Å². The minimum atomic E-state index is -0.316. The molecule has 0 spiro atoms. The van der Waals surface area contributed by atoms with E-state index in [1.807, 2.05) is 17.0 Å². The van der Waals surface area contributed by atoms with E-state index < -0.39 is 0 Å². The number of nitrogens with zero attached hydrogens (tertiary/aromatic N) is 3. The largest absolute Gasteiger partial charge is 0.465 e. The van der Waals surface area contributed by atoms with Crippen molar-refractivity contribution in [3.8, 4) is 0 Å². The topological polar surface area (TPSA) is 101 Å². The summed E-state index contributed by atoms with van der Waals surface area (Å²) in [7, 11) is 0. The Kier molecular flexibility index (Phi) is 6.99. The molecule has 1 aliphatic heterocycles. The molecule has 0 bridgehead atoms. The number of likely N-dealkylation sites (tertiary alicyclic amines) is 1. The average Bonchev–Trinajstić information content (AvgIpc) is 3.30. The molecule has 28 heavy (non-hydrogen) atoms. The fraction of sp³-hybridized carbons (Fsp3) is 0.389. The monoisotopic (exact) mass is 420 g/mol. The van der Waals surface area contributed by atoms with Crippen molar-refractivity contribution >= 4 is 46.0 Å². The standard InChI is InChI=1S/C18H20N4O4S2/c1-2-26-15(24)11-27-18-21-20-17(28-18)19-16(25)13-7-5-12(6-8-13)10-22-9-3-4-14(22)23/h5-8H,2-4,9-11H2,1H3,(H,19,20,25). The molecule has 3 rings (SSSR count). The number of esters is 1. The van der Waals surface area contributed by atoms with E-state index in [0.29, 0.717) is 34.6 Å². The SMILES string of the molecule is CCOC(=O)CSc1nnc(NC(=O)c2ccc(CN3CCCC3=O)cc2)s1. The summed E-state index contributed by atoms with van der Waals surface area (Å²) in [5.74, 6) is -0.280. The maximum absolute atomic E-state index is 12.4. The van der Waals surface area contributed by atoms with Crippen molar-refractivity contribution in [1.82, 2.24) is 15.1 Å². The molecule has 0 radical (unpaired) electrons. The van der Waals surface area contributed by atoms with Crippen molar-refractivity contribution in [1.29, 1.82) is 0 Å². The summed E-state index contributed by atoms with van der Waals surface area (Å²) in [6.45, 7) is 3.44. The van der Waals surface area contributed by atoms with E-state index in [9.17, 15) is 14.4 Å². The third kappa shape index (κ3) is 5.52. The van der Waals surface area contributed by atoms with Crippen molar-refractivity contribution in [3.05, 3.63) is 35.4 Å². The number of hydrogen-bond donors (Lipinski definition) is 1. The van der Waals surface area contributed by atoms with Gasteiger partial charge in [-0.3, -0.25) is 19.7 Å². The minimum absolute atomic E-state index is 0.150. The Morgan fingerprint density at radius 3 is 2.75 bits per heavy atom. The minimum Gasteiger partial charge on any atom is -0.465 e. The van der Waals surface area contributed by atoms with E-state index in [2.05, 4.69) is 15.5 Å². The number of thioether (sulfide) groups is 1. The van der Waals surface area contributed by atoms with Crippen LogP contribution in [-0.2, 0) is 20.9 Å². The summed E-state index contributed by atoms with van der Waals surface area (Å²) < 4.78 is 5.43. The first kappa shape index (κ1) is 20.3. The van der Waals surface area contributed by atoms with E-state index in [0.717, 1.165) is 18.5 Å². The average molecular weight is 421 g/mol. The number of hydrogen-bond acceptors (Lipinski definition) is 8. The summed E-state index contributed by atoms with van der Waals surface area (Å²) in [6.07, 6.45) is 1.52. The van der Waals surface area contributed by atoms with Gasteiger partial charge in [-0.05, 0) is 31.0 Å². The highest BCUT2D eigenvalue weighted by molar-refractivity contribution is 8.01. The highest BCUT2D eigenvalue weighted by Crippen LogP contribution is 2.26. The summed E-state index contributed by atoms with van der Waals surface area (Å²) in [5.41, 5.74) is 1.48. The van der Waals surface area contributed by atoms with Crippen LogP contribution >= 0.6 is 23.1 Å². The Balaban J connectivity index is 1.52. The van der Waals surface area contributed by atoms with Gasteiger partial charge in [-0.2, -0.15) is 0 Å². The van der Waals surface area contributed by atoms with E-state index >= 15 is 0 Å². The Bertz CT molecular complexity index is 854. The lowest BCUT2D eigenvalue weighted by molar-refractivity contribution is -0.139. The van der Waals surface area contributed by atoms with Gasteiger partial charge in [-0.25, -0.2) is 0 Å². The smallest absolute Gasteiger partial charge is 0.316 e. The Morgan fingerprint density at radius 1 is 1.29 bits per heavy atom. The van der Waals surface area contributed by atoms with Gasteiger partial charge in [0.05, 0.1) is 12.4 Å². The van der Waals surface area contributed by atoms with Crippen molar-refractivity contribution < 1.29 is 19.1 Å². The van der Waals surface area contributed by atoms with Crippen LogP contribution in [-0.4, -0.2) is 51.8 Å². The summed E-state index contributed by atoms with van der Waals surface area (Å²) in [5, 5.41) is 10.9. The molecule has 1 aromatic carbocycles. The van der Waals surface area contributed by atoms with Gasteiger partial charge in [0, 0.05) is 25.1 Å². The second-order valence-corrected chi connectivity index (χ2v) is 8.24. The molecule has 148 valence electrons. The normalized spacial score (nSPS) is 13.6. The molecule has 1 N–H and O–H groups in total. The van der Waals surface area contributed by atoms with Crippen LogP contribution in [0.2, 0.25) is 0 Å². The fourth-order valence-electron chi connectivity index (χ4n) is 2.66. The molecular formula is C18H20N4O4S2. The highest BCUT2D eigenvalue weighted by atomic mass is 32.2. The molecular weight excluding hydrogens is 400 g/mol. The van der Waals surface area contributed by atoms with Gasteiger partial charge in [0.15, 0.2) is 4.34 Å². The molecule has 2 aromatic rings. The molecule has 2 amide bonds. The number of carbonyl (C=O) groups is 3. The number of anilines is 1. The molecule has 10 heteroatoms. The lowest BCUT2D eigenvalue weighted by atomic mass is 10.1. The predicted octanol–water partition coefficient (Wildman–Crippen LogP) is 2.57. The zero-order chi connectivity index (χ0) is 19.9. The molecule has 0 atom stereocenters. The Labute approximate surface area is 170 Å². The third-order valence-corrected chi connectivity index (χ3v) is 5.95. The third-order valence-electron chi connectivity index (χ3n) is 4.01. The van der Waals surface area contributed by atoms with Crippen LogP contribution in [0.4, 0.5) is 5.13 Å².